The van der Waals surface area contributed by atoms with E-state index in [4.69, 9.17) is 0 Å². The summed E-state index contributed by atoms with van der Waals surface area (Å²) < 4.78 is 26.4. The summed E-state index contributed by atoms with van der Waals surface area (Å²) in [7, 11) is -3.23. The Morgan fingerprint density at radius 3 is 2.47 bits per heavy atom. The van der Waals surface area contributed by atoms with Crippen molar-refractivity contribution in [1.29, 1.82) is 0 Å². The molecule has 2 atom stereocenters. The molecule has 0 aliphatic carbocycles. The summed E-state index contributed by atoms with van der Waals surface area (Å²) in [4.78, 5) is 0. The summed E-state index contributed by atoms with van der Waals surface area (Å²) in [5.74, 6) is 0. The van der Waals surface area contributed by atoms with Crippen molar-refractivity contribution < 1.29 is 8.42 Å². The Morgan fingerprint density at radius 2 is 1.95 bits per heavy atom. The molecule has 114 valence electrons. The number of nitrogens with zero attached hydrogens (tertiary/aromatic N) is 1. The SMILES string of the molecule is CCCNC(C)C1CCCCN1S(=O)(=O)C(C)(C)C. The molecule has 0 spiro atoms. The third-order valence-corrected chi connectivity index (χ3v) is 6.49. The van der Waals surface area contributed by atoms with Crippen molar-refractivity contribution >= 4 is 10.0 Å². The number of sulfonamides is 1. The Balaban J connectivity index is 2.90. The van der Waals surface area contributed by atoms with Crippen LogP contribution in [0.3, 0.4) is 0 Å². The molecule has 1 aliphatic rings. The maximum Gasteiger partial charge on any atom is 0.219 e. The van der Waals surface area contributed by atoms with Crippen molar-refractivity contribution in [2.75, 3.05) is 13.1 Å². The molecule has 0 saturated carbocycles. The molecule has 1 aliphatic heterocycles. The van der Waals surface area contributed by atoms with Gasteiger partial charge in [-0.2, -0.15) is 4.31 Å². The molecule has 0 aromatic heterocycles. The average molecular weight is 290 g/mol. The van der Waals surface area contributed by atoms with E-state index in [2.05, 4.69) is 19.2 Å². The number of rotatable bonds is 5. The Kier molecular flexibility index (Phi) is 5.83. The lowest BCUT2D eigenvalue weighted by Crippen LogP contribution is -2.56. The fraction of sp³-hybridized carbons (Fsp3) is 1.00. The molecule has 0 aromatic rings. The van der Waals surface area contributed by atoms with Gasteiger partial charge in [0.05, 0.1) is 4.75 Å². The molecule has 4 nitrogen and oxygen atoms in total. The van der Waals surface area contributed by atoms with Gasteiger partial charge in [0.2, 0.25) is 10.0 Å². The van der Waals surface area contributed by atoms with Crippen LogP contribution in [-0.2, 0) is 10.0 Å². The monoisotopic (exact) mass is 290 g/mol. The van der Waals surface area contributed by atoms with Crippen LogP contribution in [0.25, 0.3) is 0 Å². The van der Waals surface area contributed by atoms with Crippen LogP contribution >= 0.6 is 0 Å². The zero-order valence-electron chi connectivity index (χ0n) is 13.1. The Morgan fingerprint density at radius 1 is 1.32 bits per heavy atom. The Bertz CT molecular complexity index is 373. The molecule has 0 aromatic carbocycles. The second-order valence-electron chi connectivity index (χ2n) is 6.53. The highest BCUT2D eigenvalue weighted by atomic mass is 32.2. The summed E-state index contributed by atoms with van der Waals surface area (Å²) >= 11 is 0. The van der Waals surface area contributed by atoms with Crippen molar-refractivity contribution in [1.82, 2.24) is 9.62 Å². The Hall–Kier alpha value is -0.130. The van der Waals surface area contributed by atoms with Crippen molar-refractivity contribution in [3.05, 3.63) is 0 Å². The molecule has 0 amide bonds. The molecule has 0 radical (unpaired) electrons. The third kappa shape index (κ3) is 3.92. The molecule has 1 heterocycles. The minimum atomic E-state index is -3.23. The molecule has 2 unspecified atom stereocenters. The standard InChI is InChI=1S/C14H30N2O2S/c1-6-10-15-12(2)13-9-7-8-11-16(13)19(17,18)14(3,4)5/h12-13,15H,6-11H2,1-5H3. The maximum atomic E-state index is 12.7. The first kappa shape index (κ1) is 16.9. The smallest absolute Gasteiger partial charge is 0.219 e. The van der Waals surface area contributed by atoms with Gasteiger partial charge in [-0.25, -0.2) is 8.42 Å². The fourth-order valence-corrected chi connectivity index (χ4v) is 4.31. The predicted molar refractivity (Wildman–Crippen MR) is 80.8 cm³/mol. The van der Waals surface area contributed by atoms with Crippen LogP contribution in [0, 0.1) is 0 Å². The van der Waals surface area contributed by atoms with Gasteiger partial charge in [-0.15, -0.1) is 0 Å². The molecule has 5 heteroatoms. The highest BCUT2D eigenvalue weighted by molar-refractivity contribution is 7.90. The van der Waals surface area contributed by atoms with Gasteiger partial charge in [0.15, 0.2) is 0 Å². The topological polar surface area (TPSA) is 49.4 Å². The van der Waals surface area contributed by atoms with Crippen LogP contribution in [0.4, 0.5) is 0 Å². The van der Waals surface area contributed by atoms with E-state index in [9.17, 15) is 8.42 Å². The van der Waals surface area contributed by atoms with Crippen LogP contribution in [0.15, 0.2) is 0 Å². The van der Waals surface area contributed by atoms with E-state index in [-0.39, 0.29) is 12.1 Å². The number of hydrogen-bond donors (Lipinski definition) is 1. The van der Waals surface area contributed by atoms with E-state index in [1.807, 2.05) is 0 Å². The molecular formula is C14H30N2O2S. The third-order valence-electron chi connectivity index (χ3n) is 3.87. The van der Waals surface area contributed by atoms with Gasteiger partial charge in [0.1, 0.15) is 0 Å². The van der Waals surface area contributed by atoms with E-state index in [0.717, 1.165) is 32.2 Å². The molecule has 19 heavy (non-hydrogen) atoms. The second-order valence-corrected chi connectivity index (χ2v) is 9.18. The van der Waals surface area contributed by atoms with Crippen LogP contribution in [-0.4, -0.2) is 42.6 Å². The van der Waals surface area contributed by atoms with Crippen molar-refractivity contribution in [2.24, 2.45) is 0 Å². The second kappa shape index (κ2) is 6.55. The predicted octanol–water partition coefficient (Wildman–Crippen LogP) is 2.36. The van der Waals surface area contributed by atoms with E-state index in [0.29, 0.717) is 6.54 Å². The molecule has 0 bridgehead atoms. The van der Waals surface area contributed by atoms with Gasteiger partial charge < -0.3 is 5.32 Å². The first-order chi connectivity index (χ1) is 8.71. The van der Waals surface area contributed by atoms with Gasteiger partial charge in [0, 0.05) is 18.6 Å². The molecule has 1 rings (SSSR count). The van der Waals surface area contributed by atoms with Crippen molar-refractivity contribution in [2.45, 2.75) is 77.1 Å². The minimum absolute atomic E-state index is 0.101. The molecular weight excluding hydrogens is 260 g/mol. The van der Waals surface area contributed by atoms with Crippen LogP contribution in [0.1, 0.15) is 60.3 Å². The molecule has 1 N–H and O–H groups in total. The van der Waals surface area contributed by atoms with Crippen LogP contribution in [0.2, 0.25) is 0 Å². The fourth-order valence-electron chi connectivity index (χ4n) is 2.59. The summed E-state index contributed by atoms with van der Waals surface area (Å²) in [6.45, 7) is 11.2. The highest BCUT2D eigenvalue weighted by Crippen LogP contribution is 2.29. The zero-order chi connectivity index (χ0) is 14.7. The van der Waals surface area contributed by atoms with E-state index in [1.54, 1.807) is 25.1 Å². The van der Waals surface area contributed by atoms with Crippen LogP contribution < -0.4 is 5.32 Å². The van der Waals surface area contributed by atoms with E-state index in [1.165, 1.54) is 0 Å². The van der Waals surface area contributed by atoms with Gasteiger partial charge in [-0.3, -0.25) is 0 Å². The summed E-state index contributed by atoms with van der Waals surface area (Å²) in [6.07, 6.45) is 4.14. The van der Waals surface area contributed by atoms with Gasteiger partial charge in [-0.1, -0.05) is 13.3 Å². The normalized spacial score (nSPS) is 24.4. The summed E-state index contributed by atoms with van der Waals surface area (Å²) in [6, 6.07) is 0.321. The Labute approximate surface area is 119 Å². The van der Waals surface area contributed by atoms with E-state index < -0.39 is 14.8 Å². The van der Waals surface area contributed by atoms with Gasteiger partial charge in [-0.05, 0) is 53.5 Å². The van der Waals surface area contributed by atoms with Gasteiger partial charge >= 0.3 is 0 Å². The number of hydrogen-bond acceptors (Lipinski definition) is 3. The largest absolute Gasteiger partial charge is 0.313 e. The van der Waals surface area contributed by atoms with Gasteiger partial charge in [0.25, 0.3) is 0 Å². The molecule has 1 saturated heterocycles. The van der Waals surface area contributed by atoms with E-state index >= 15 is 0 Å². The average Bonchev–Trinajstić information content (AvgIpc) is 2.34. The van der Waals surface area contributed by atoms with Crippen LogP contribution in [0.5, 0.6) is 0 Å². The lowest BCUT2D eigenvalue weighted by molar-refractivity contribution is 0.205. The minimum Gasteiger partial charge on any atom is -0.313 e. The molecule has 1 fully saturated rings. The highest BCUT2D eigenvalue weighted by Gasteiger charge is 2.41. The number of piperidine rings is 1. The maximum absolute atomic E-state index is 12.7. The summed E-state index contributed by atoms with van der Waals surface area (Å²) in [5.41, 5.74) is 0. The lowest BCUT2D eigenvalue weighted by Gasteiger charge is -2.41. The first-order valence-corrected chi connectivity index (χ1v) is 8.90. The lowest BCUT2D eigenvalue weighted by atomic mass is 9.99. The summed E-state index contributed by atoms with van der Waals surface area (Å²) in [5, 5.41) is 3.45. The van der Waals surface area contributed by atoms with Crippen molar-refractivity contribution in [3.8, 4) is 0 Å². The first-order valence-electron chi connectivity index (χ1n) is 7.46. The zero-order valence-corrected chi connectivity index (χ0v) is 13.9. The number of nitrogens with one attached hydrogen (secondary N) is 1. The van der Waals surface area contributed by atoms with Crippen molar-refractivity contribution in [3.63, 3.8) is 0 Å². The quantitative estimate of drug-likeness (QED) is 0.845.